The number of ether oxygens (including phenoxy) is 1. The second kappa shape index (κ2) is 22.4. The van der Waals surface area contributed by atoms with Gasteiger partial charge in [-0.05, 0) is 94.3 Å². The van der Waals surface area contributed by atoms with Gasteiger partial charge in [-0.2, -0.15) is 28.8 Å². The largest absolute Gasteiger partial charge is 0.389 e. The number of nitrogens with zero attached hydrogens (tertiary/aromatic N) is 5. The molecule has 0 fully saturated rings. The third kappa shape index (κ3) is 11.5. The summed E-state index contributed by atoms with van der Waals surface area (Å²) in [5, 5.41) is 18.4. The highest BCUT2D eigenvalue weighted by atomic mass is 127. The van der Waals surface area contributed by atoms with E-state index in [-0.39, 0.29) is 12.0 Å². The number of esters is 2. The highest BCUT2D eigenvalue weighted by Crippen LogP contribution is 2.41. The number of carbonyl (C=O) groups excluding carboxylic acids is 2. The van der Waals surface area contributed by atoms with E-state index in [0.29, 0.717) is 43.2 Å². The first-order valence-corrected chi connectivity index (χ1v) is 25.7. The third-order valence-corrected chi connectivity index (χ3v) is 15.7. The Hall–Kier alpha value is -3.24. The van der Waals surface area contributed by atoms with Crippen LogP contribution in [0.5, 0.6) is 0 Å². The first-order valence-electron chi connectivity index (χ1n) is 18.6. The fourth-order valence-electron chi connectivity index (χ4n) is 5.86. The molecule has 0 bridgehead atoms. The minimum absolute atomic E-state index is 0.119. The quantitative estimate of drug-likeness (QED) is 0.0192. The predicted molar refractivity (Wildman–Crippen MR) is 254 cm³/mol. The molecule has 0 unspecified atom stereocenters. The fourth-order valence-corrected chi connectivity index (χ4v) is 11.9. The number of thioether (sulfide) groups is 4. The van der Waals surface area contributed by atoms with E-state index in [9.17, 15) is 14.9 Å². The van der Waals surface area contributed by atoms with Gasteiger partial charge in [0.25, 0.3) is 0 Å². The van der Waals surface area contributed by atoms with E-state index in [1.807, 2.05) is 84.0 Å². The molecule has 4 aromatic heterocycles. The Balaban J connectivity index is 1.27. The lowest BCUT2D eigenvalue weighted by molar-refractivity contribution is -0.137. The molecular weight excluding hydrogens is 954 g/mol. The summed E-state index contributed by atoms with van der Waals surface area (Å²) in [6.45, 7) is 6.28. The molecule has 15 heteroatoms. The van der Waals surface area contributed by atoms with E-state index in [1.54, 1.807) is 35.9 Å². The van der Waals surface area contributed by atoms with Crippen molar-refractivity contribution < 1.29 is 14.3 Å². The van der Waals surface area contributed by atoms with Gasteiger partial charge in [0.15, 0.2) is 0 Å². The van der Waals surface area contributed by atoms with Crippen LogP contribution in [0, 0.1) is 21.8 Å². The Labute approximate surface area is 378 Å². The molecule has 0 N–H and O–H groups in total. The van der Waals surface area contributed by atoms with E-state index in [2.05, 4.69) is 52.5 Å². The first-order chi connectivity index (χ1) is 28.3. The zero-order valence-electron chi connectivity index (χ0n) is 32.2. The zero-order chi connectivity index (χ0) is 40.9. The average molecular weight is 994 g/mol. The van der Waals surface area contributed by atoms with Gasteiger partial charge in [-0.15, -0.1) is 22.7 Å². The number of benzene rings is 2. The van der Waals surface area contributed by atoms with Crippen LogP contribution in [0.3, 0.4) is 0 Å². The second-order valence-electron chi connectivity index (χ2n) is 12.9. The summed E-state index contributed by atoms with van der Waals surface area (Å²) in [5.41, 5.74) is 6.73. The van der Waals surface area contributed by atoms with Gasteiger partial charge in [0.1, 0.15) is 43.1 Å². The number of rotatable bonds is 19. The summed E-state index contributed by atoms with van der Waals surface area (Å²) >= 11 is 11.9. The van der Waals surface area contributed by atoms with Crippen LogP contribution in [0.1, 0.15) is 66.6 Å². The highest BCUT2D eigenvalue weighted by Gasteiger charge is 2.28. The Morgan fingerprint density at radius 3 is 2.05 bits per heavy atom. The summed E-state index contributed by atoms with van der Waals surface area (Å²) < 4.78 is 6.73. The lowest BCUT2D eigenvalue weighted by Gasteiger charge is -2.18. The van der Waals surface area contributed by atoms with Crippen LogP contribution in [0.2, 0.25) is 0 Å². The van der Waals surface area contributed by atoms with Crippen LogP contribution in [0.15, 0.2) is 87.8 Å². The molecule has 58 heavy (non-hydrogen) atoms. The topological polar surface area (TPSA) is 119 Å². The molecule has 0 aliphatic rings. The smallest absolute Gasteiger partial charge is 0.349 e. The molecule has 0 saturated heterocycles. The van der Waals surface area contributed by atoms with E-state index in [4.69, 9.17) is 14.7 Å². The minimum Gasteiger partial charge on any atom is -0.389 e. The van der Waals surface area contributed by atoms with E-state index in [0.717, 1.165) is 78.1 Å². The molecule has 0 radical (unpaired) electrons. The maximum Gasteiger partial charge on any atom is 0.349 e. The molecule has 6 rings (SSSR count). The Morgan fingerprint density at radius 2 is 1.45 bits per heavy atom. The molecule has 0 aliphatic carbocycles. The molecule has 4 heterocycles. The third-order valence-electron chi connectivity index (χ3n) is 8.79. The summed E-state index contributed by atoms with van der Waals surface area (Å²) in [5.74, 6) is 0.649. The highest BCUT2D eigenvalue weighted by molar-refractivity contribution is 14.1. The second-order valence-corrected chi connectivity index (χ2v) is 20.8. The van der Waals surface area contributed by atoms with Gasteiger partial charge < -0.3 is 4.74 Å². The molecule has 0 aliphatic heterocycles. The number of aromatic nitrogens is 4. The lowest BCUT2D eigenvalue weighted by Crippen LogP contribution is -2.18. The molecular formula is C43H40IN5O3S6. The minimum atomic E-state index is -0.736. The molecule has 0 amide bonds. The normalized spacial score (nSPS) is 11.1. The Kier molecular flexibility index (Phi) is 17.1. The van der Waals surface area contributed by atoms with Crippen molar-refractivity contribution in [3.05, 3.63) is 104 Å². The van der Waals surface area contributed by atoms with Crippen molar-refractivity contribution in [2.45, 2.75) is 62.9 Å². The number of hydrogen-bond donors (Lipinski definition) is 0. The molecule has 0 spiro atoms. The SMILES string of the molecule is CCCCSCSc1nc(-c2nccs2)cc(-c2ccc(CC(=O)OC(=O)c3c(SCSCCCC)nc(-c4nccs4)c(C)c3-c3ccc(I)cc3)cc2)c1C#N. The van der Waals surface area contributed by atoms with Crippen LogP contribution >= 0.6 is 92.3 Å². The number of nitriles is 1. The summed E-state index contributed by atoms with van der Waals surface area (Å²) in [4.78, 5) is 46.7. The van der Waals surface area contributed by atoms with Crippen LogP contribution in [0.4, 0.5) is 0 Å². The Bertz CT molecular complexity index is 2350. The van der Waals surface area contributed by atoms with E-state index in [1.165, 1.54) is 34.4 Å². The van der Waals surface area contributed by atoms with Crippen molar-refractivity contribution in [3.8, 4) is 49.7 Å². The van der Waals surface area contributed by atoms with Gasteiger partial charge >= 0.3 is 11.9 Å². The van der Waals surface area contributed by atoms with Crippen molar-refractivity contribution in [2.24, 2.45) is 0 Å². The van der Waals surface area contributed by atoms with Gasteiger partial charge in [-0.25, -0.2) is 24.7 Å². The van der Waals surface area contributed by atoms with Crippen molar-refractivity contribution >= 4 is 104 Å². The van der Waals surface area contributed by atoms with Crippen molar-refractivity contribution in [2.75, 3.05) is 21.7 Å². The van der Waals surface area contributed by atoms with Crippen molar-refractivity contribution in [3.63, 3.8) is 0 Å². The predicted octanol–water partition coefficient (Wildman–Crippen LogP) is 12.9. The maximum absolute atomic E-state index is 14.2. The lowest BCUT2D eigenvalue weighted by atomic mass is 9.95. The molecule has 0 saturated carbocycles. The number of hydrogen-bond acceptors (Lipinski definition) is 14. The number of unbranched alkanes of at least 4 members (excludes halogenated alkanes) is 2. The molecule has 0 atom stereocenters. The number of thiazole rings is 2. The van der Waals surface area contributed by atoms with Crippen molar-refractivity contribution in [1.29, 1.82) is 5.26 Å². The summed E-state index contributed by atoms with van der Waals surface area (Å²) in [6, 6.07) is 19.7. The van der Waals surface area contributed by atoms with Crippen LogP contribution in [0.25, 0.3) is 43.7 Å². The Morgan fingerprint density at radius 1 is 0.828 bits per heavy atom. The van der Waals surface area contributed by atoms with E-state index >= 15 is 0 Å². The molecule has 6 aromatic rings. The molecule has 2 aromatic carbocycles. The van der Waals surface area contributed by atoms with E-state index < -0.39 is 11.9 Å². The summed E-state index contributed by atoms with van der Waals surface area (Å²) in [6.07, 6.45) is 7.86. The van der Waals surface area contributed by atoms with Crippen LogP contribution in [-0.2, 0) is 16.0 Å². The zero-order valence-corrected chi connectivity index (χ0v) is 39.2. The number of carbonyl (C=O) groups is 2. The average Bonchev–Trinajstić information content (AvgIpc) is 3.98. The van der Waals surface area contributed by atoms with Crippen LogP contribution < -0.4 is 0 Å². The fraction of sp³-hybridized carbons (Fsp3) is 0.279. The molecule has 298 valence electrons. The monoisotopic (exact) mass is 993 g/mol. The number of halogens is 1. The van der Waals surface area contributed by atoms with Gasteiger partial charge in [0, 0.05) is 48.0 Å². The van der Waals surface area contributed by atoms with Gasteiger partial charge in [0.05, 0.1) is 12.0 Å². The summed E-state index contributed by atoms with van der Waals surface area (Å²) in [7, 11) is 0. The van der Waals surface area contributed by atoms with Gasteiger partial charge in [-0.1, -0.05) is 86.6 Å². The van der Waals surface area contributed by atoms with Crippen molar-refractivity contribution in [1.82, 2.24) is 19.9 Å². The van der Waals surface area contributed by atoms with Crippen LogP contribution in [-0.4, -0.2) is 53.6 Å². The molecule has 8 nitrogen and oxygen atoms in total. The standard InChI is InChI=1S/C43H40IN5O3S6/c1-4-6-18-53-25-57-39-33(24-45)32(23-34(48-39)40-46-16-20-55-40)29-10-8-28(9-11-29)22-35(50)52-43(51)37-36(30-12-14-31(44)15-13-30)27(3)38(42-47-17-21-56-42)49-41(37)58-26-54-19-7-5-2/h8-17,20-21,23H,4-7,18-19,22,25-26H2,1-3H3. The maximum atomic E-state index is 14.2. The van der Waals surface area contributed by atoms with Gasteiger partial charge in [-0.3, -0.25) is 4.79 Å². The number of pyridine rings is 2. The first kappa shape index (κ1) is 44.3. The van der Waals surface area contributed by atoms with Gasteiger partial charge in [0.2, 0.25) is 0 Å².